The maximum atomic E-state index is 12.0. The van der Waals surface area contributed by atoms with Crippen molar-refractivity contribution in [1.29, 1.82) is 0 Å². The molecule has 0 amide bonds. The Bertz CT molecular complexity index is 1120. The number of rotatable bonds is 6. The molecule has 1 unspecified atom stereocenters. The van der Waals surface area contributed by atoms with Crippen molar-refractivity contribution < 1.29 is 25.9 Å². The normalized spacial score (nSPS) is 19.2. The van der Waals surface area contributed by atoms with Crippen LogP contribution in [0.4, 0.5) is 5.69 Å². The summed E-state index contributed by atoms with van der Waals surface area (Å²) in [5, 5.41) is 1.27. The molecule has 154 valence electrons. The predicted molar refractivity (Wildman–Crippen MR) is 109 cm³/mol. The number of fused-ring (bicyclic) bond motifs is 3. The molecule has 0 saturated heterocycles. The van der Waals surface area contributed by atoms with Gasteiger partial charge in [0.25, 0.3) is 20.2 Å². The summed E-state index contributed by atoms with van der Waals surface area (Å²) >= 11 is 0. The van der Waals surface area contributed by atoms with E-state index in [4.69, 9.17) is 4.55 Å². The molecular formula is C19H25NO6S2. The van der Waals surface area contributed by atoms with E-state index in [9.17, 15) is 21.4 Å². The molecule has 1 aliphatic heterocycles. The summed E-state index contributed by atoms with van der Waals surface area (Å²) in [4.78, 5) is 1.93. The van der Waals surface area contributed by atoms with Crippen LogP contribution in [0.1, 0.15) is 39.2 Å². The quantitative estimate of drug-likeness (QED) is 0.537. The molecule has 1 heterocycles. The Morgan fingerprint density at radius 1 is 1.04 bits per heavy atom. The van der Waals surface area contributed by atoms with Crippen molar-refractivity contribution >= 4 is 36.7 Å². The Morgan fingerprint density at radius 3 is 2.21 bits per heavy atom. The molecular weight excluding hydrogens is 402 g/mol. The lowest BCUT2D eigenvalue weighted by molar-refractivity contribution is 0.439. The molecule has 0 radical (unpaired) electrons. The summed E-state index contributed by atoms with van der Waals surface area (Å²) in [5.41, 5.74) is 1.46. The number of nitrogens with zero attached hydrogens (tertiary/aromatic N) is 1. The highest BCUT2D eigenvalue weighted by Gasteiger charge is 2.43. The highest BCUT2D eigenvalue weighted by atomic mass is 32.2. The molecule has 7 nitrogen and oxygen atoms in total. The summed E-state index contributed by atoms with van der Waals surface area (Å²) in [6.07, 6.45) is 0.824. The summed E-state index contributed by atoms with van der Waals surface area (Å²) in [7, 11) is -8.42. The Kier molecular flexibility index (Phi) is 5.24. The molecule has 2 aromatic carbocycles. The zero-order valence-corrected chi connectivity index (χ0v) is 17.7. The van der Waals surface area contributed by atoms with Crippen molar-refractivity contribution in [2.45, 2.75) is 50.0 Å². The average Bonchev–Trinajstić information content (AvgIpc) is 2.76. The predicted octanol–water partition coefficient (Wildman–Crippen LogP) is 3.24. The van der Waals surface area contributed by atoms with Crippen LogP contribution in [0.5, 0.6) is 0 Å². The SMILES string of the molecule is CC1N(CCCCS(=O)(=O)O)c2cc(S(=O)(=O)O)c3ccccc3c2C1(C)C. The van der Waals surface area contributed by atoms with Gasteiger partial charge in [0.05, 0.1) is 5.75 Å². The van der Waals surface area contributed by atoms with Gasteiger partial charge in [0.2, 0.25) is 0 Å². The third kappa shape index (κ3) is 3.76. The Labute approximate surface area is 165 Å². The molecule has 0 spiro atoms. The molecule has 0 bridgehead atoms. The lowest BCUT2D eigenvalue weighted by Gasteiger charge is -2.31. The topological polar surface area (TPSA) is 112 Å². The van der Waals surface area contributed by atoms with Crippen molar-refractivity contribution in [1.82, 2.24) is 0 Å². The largest absolute Gasteiger partial charge is 0.368 e. The van der Waals surface area contributed by atoms with Gasteiger partial charge in [-0.05, 0) is 36.8 Å². The Morgan fingerprint density at radius 2 is 1.64 bits per heavy atom. The van der Waals surface area contributed by atoms with Crippen LogP contribution in [0.15, 0.2) is 35.2 Å². The maximum absolute atomic E-state index is 12.0. The zero-order valence-electron chi connectivity index (χ0n) is 16.1. The van der Waals surface area contributed by atoms with Gasteiger partial charge in [-0.15, -0.1) is 0 Å². The van der Waals surface area contributed by atoms with E-state index in [1.54, 1.807) is 12.1 Å². The van der Waals surface area contributed by atoms with E-state index in [1.807, 2.05) is 19.1 Å². The fourth-order valence-corrected chi connectivity index (χ4v) is 5.42. The van der Waals surface area contributed by atoms with E-state index in [0.717, 1.165) is 16.6 Å². The number of hydrogen-bond donors (Lipinski definition) is 2. The molecule has 0 aromatic heterocycles. The summed E-state index contributed by atoms with van der Waals surface area (Å²) in [5.74, 6) is -0.306. The summed E-state index contributed by atoms with van der Waals surface area (Å²) in [6, 6.07) is 8.68. The van der Waals surface area contributed by atoms with E-state index in [-0.39, 0.29) is 22.1 Å². The van der Waals surface area contributed by atoms with E-state index in [0.29, 0.717) is 24.8 Å². The molecule has 0 aliphatic carbocycles. The van der Waals surface area contributed by atoms with Gasteiger partial charge >= 0.3 is 0 Å². The van der Waals surface area contributed by atoms with Gasteiger partial charge in [-0.25, -0.2) is 0 Å². The number of anilines is 1. The zero-order chi connectivity index (χ0) is 20.9. The first-order valence-corrected chi connectivity index (χ1v) is 12.1. The molecule has 1 aliphatic rings. The smallest absolute Gasteiger partial charge is 0.295 e. The van der Waals surface area contributed by atoms with Crippen LogP contribution in [-0.4, -0.2) is 44.3 Å². The first-order valence-electron chi connectivity index (χ1n) is 9.09. The van der Waals surface area contributed by atoms with Crippen LogP contribution in [-0.2, 0) is 25.7 Å². The van der Waals surface area contributed by atoms with Crippen molar-refractivity contribution in [3.05, 3.63) is 35.9 Å². The van der Waals surface area contributed by atoms with Crippen LogP contribution in [0.25, 0.3) is 10.8 Å². The fourth-order valence-electron chi connectivity index (χ4n) is 4.13. The molecule has 3 rings (SSSR count). The summed E-state index contributed by atoms with van der Waals surface area (Å²) < 4.78 is 64.6. The maximum Gasteiger partial charge on any atom is 0.295 e. The summed E-state index contributed by atoms with van der Waals surface area (Å²) in [6.45, 7) is 6.74. The van der Waals surface area contributed by atoms with Crippen LogP contribution in [0.3, 0.4) is 0 Å². The second-order valence-electron chi connectivity index (χ2n) is 7.87. The third-order valence-electron chi connectivity index (χ3n) is 5.78. The van der Waals surface area contributed by atoms with Crippen molar-refractivity contribution in [2.75, 3.05) is 17.2 Å². The van der Waals surface area contributed by atoms with Gasteiger partial charge in [0.15, 0.2) is 0 Å². The van der Waals surface area contributed by atoms with Gasteiger partial charge in [-0.3, -0.25) is 9.11 Å². The van der Waals surface area contributed by atoms with Crippen LogP contribution >= 0.6 is 0 Å². The average molecular weight is 428 g/mol. The van der Waals surface area contributed by atoms with Crippen LogP contribution < -0.4 is 4.90 Å². The van der Waals surface area contributed by atoms with Crippen molar-refractivity contribution in [3.63, 3.8) is 0 Å². The lowest BCUT2D eigenvalue weighted by Crippen LogP contribution is -2.39. The molecule has 1 atom stereocenters. The lowest BCUT2D eigenvalue weighted by atomic mass is 9.79. The molecule has 28 heavy (non-hydrogen) atoms. The first-order chi connectivity index (χ1) is 12.8. The molecule has 2 aromatic rings. The first kappa shape index (κ1) is 21.0. The molecule has 0 saturated carbocycles. The molecule has 2 N–H and O–H groups in total. The minimum atomic E-state index is -4.41. The van der Waals surface area contributed by atoms with E-state index < -0.39 is 20.2 Å². The standard InChI is InChI=1S/C19H25NO6S2/c1-13-19(2,3)18-15-9-5-4-8-14(15)17(28(24,25)26)12-16(18)20(13)10-6-7-11-27(21,22)23/h4-5,8-9,12-13H,6-7,10-11H2,1-3H3,(H,21,22,23)(H,24,25,26). The Balaban J connectivity index is 2.11. The molecule has 0 fully saturated rings. The van der Waals surface area contributed by atoms with Gasteiger partial charge in [-0.1, -0.05) is 38.1 Å². The van der Waals surface area contributed by atoms with E-state index in [2.05, 4.69) is 18.7 Å². The van der Waals surface area contributed by atoms with Gasteiger partial charge in [0, 0.05) is 29.1 Å². The highest BCUT2D eigenvalue weighted by molar-refractivity contribution is 7.86. The number of benzene rings is 2. The minimum absolute atomic E-state index is 0.0355. The van der Waals surface area contributed by atoms with Gasteiger partial charge < -0.3 is 4.90 Å². The van der Waals surface area contributed by atoms with Crippen molar-refractivity contribution in [3.8, 4) is 0 Å². The number of hydrogen-bond acceptors (Lipinski definition) is 5. The van der Waals surface area contributed by atoms with E-state index >= 15 is 0 Å². The number of unbranched alkanes of at least 4 members (excludes halogenated alkanes) is 1. The fraction of sp³-hybridized carbons (Fsp3) is 0.474. The Hall–Kier alpha value is -1.68. The second kappa shape index (κ2) is 6.98. The molecule has 9 heteroatoms. The van der Waals surface area contributed by atoms with Crippen LogP contribution in [0, 0.1) is 0 Å². The monoisotopic (exact) mass is 427 g/mol. The minimum Gasteiger partial charge on any atom is -0.368 e. The highest BCUT2D eigenvalue weighted by Crippen LogP contribution is 2.50. The third-order valence-corrected chi connectivity index (χ3v) is 7.48. The van der Waals surface area contributed by atoms with Crippen molar-refractivity contribution in [2.24, 2.45) is 0 Å². The second-order valence-corrected chi connectivity index (χ2v) is 10.8. The van der Waals surface area contributed by atoms with E-state index in [1.165, 1.54) is 6.07 Å². The van der Waals surface area contributed by atoms with Gasteiger partial charge in [0.1, 0.15) is 4.90 Å². The van der Waals surface area contributed by atoms with Gasteiger partial charge in [-0.2, -0.15) is 16.8 Å². The van der Waals surface area contributed by atoms with Crippen LogP contribution in [0.2, 0.25) is 0 Å².